The first-order valence-electron chi connectivity index (χ1n) is 14.4. The summed E-state index contributed by atoms with van der Waals surface area (Å²) in [4.78, 5) is 56.3. The Morgan fingerprint density at radius 1 is 1.02 bits per heavy atom. The van der Waals surface area contributed by atoms with E-state index in [4.69, 9.17) is 4.74 Å². The minimum absolute atomic E-state index is 0.180. The average Bonchev–Trinajstić information content (AvgIpc) is 2.97. The Balaban J connectivity index is 1.56. The molecule has 1 fully saturated rings. The first-order chi connectivity index (χ1) is 19.9. The van der Waals surface area contributed by atoms with E-state index in [0.29, 0.717) is 44.5 Å². The molecule has 3 amide bonds. The van der Waals surface area contributed by atoms with Crippen molar-refractivity contribution < 1.29 is 29.0 Å². The lowest BCUT2D eigenvalue weighted by molar-refractivity contribution is -0.144. The van der Waals surface area contributed by atoms with Gasteiger partial charge in [-0.2, -0.15) is 11.8 Å². The number of piperidine rings is 1. The fraction of sp³-hybridized carbons (Fsp3) is 0.500. The van der Waals surface area contributed by atoms with Crippen molar-refractivity contribution in [1.29, 1.82) is 0 Å². The molecule has 0 saturated carbocycles. The van der Waals surface area contributed by atoms with Gasteiger partial charge in [-0.15, -0.1) is 0 Å². The SMILES string of the molecule is CSCC[C@@H](NC(=O)C1(c2ccccc2)CCN(C(=O)[C@@H]2Cc3ccccc3CN2C(=O)OC(C)(C)C)CC1)C(=O)O. The van der Waals surface area contributed by atoms with Gasteiger partial charge in [0.2, 0.25) is 11.8 Å². The molecule has 226 valence electrons. The summed E-state index contributed by atoms with van der Waals surface area (Å²) >= 11 is 1.53. The molecule has 2 atom stereocenters. The second-order valence-electron chi connectivity index (χ2n) is 12.0. The number of nitrogens with one attached hydrogen (secondary N) is 1. The fourth-order valence-corrected chi connectivity index (χ4v) is 6.24. The standard InChI is InChI=1S/C32H41N3O6S/c1-31(2,3)41-30(40)35-21-23-11-9-8-10-22(23)20-26(35)27(36)34-17-15-32(16-18-34,24-12-6-5-7-13-24)29(39)33-25(28(37)38)14-19-42-4/h5-13,25-26H,14-21H2,1-4H3,(H,33,39)(H,37,38)/t25-,26+/m1/s1. The number of hydrogen-bond acceptors (Lipinski definition) is 6. The molecule has 0 radical (unpaired) electrons. The van der Waals surface area contributed by atoms with E-state index in [-0.39, 0.29) is 18.4 Å². The summed E-state index contributed by atoms with van der Waals surface area (Å²) in [6.07, 6.45) is 2.73. The first-order valence-corrected chi connectivity index (χ1v) is 15.8. The Kier molecular flexibility index (Phi) is 9.86. The van der Waals surface area contributed by atoms with E-state index in [0.717, 1.165) is 16.7 Å². The van der Waals surface area contributed by atoms with Crippen LogP contribution in [0.15, 0.2) is 54.6 Å². The van der Waals surface area contributed by atoms with Crippen LogP contribution < -0.4 is 5.32 Å². The highest BCUT2D eigenvalue weighted by Gasteiger charge is 2.47. The second-order valence-corrected chi connectivity index (χ2v) is 13.0. The average molecular weight is 596 g/mol. The number of hydrogen-bond donors (Lipinski definition) is 2. The monoisotopic (exact) mass is 595 g/mol. The van der Waals surface area contributed by atoms with Crippen LogP contribution in [0, 0.1) is 0 Å². The summed E-state index contributed by atoms with van der Waals surface area (Å²) in [6, 6.07) is 15.5. The topological polar surface area (TPSA) is 116 Å². The van der Waals surface area contributed by atoms with Crippen LogP contribution in [-0.4, -0.2) is 81.6 Å². The van der Waals surface area contributed by atoms with E-state index >= 15 is 0 Å². The molecular weight excluding hydrogens is 554 g/mol. The largest absolute Gasteiger partial charge is 0.480 e. The lowest BCUT2D eigenvalue weighted by Gasteiger charge is -2.44. The van der Waals surface area contributed by atoms with E-state index < -0.39 is 35.2 Å². The van der Waals surface area contributed by atoms with Gasteiger partial charge >= 0.3 is 12.1 Å². The molecule has 1 saturated heterocycles. The van der Waals surface area contributed by atoms with Crippen LogP contribution in [0.1, 0.15) is 56.7 Å². The quantitative estimate of drug-likeness (QED) is 0.469. The number of carbonyl (C=O) groups excluding carboxylic acids is 3. The number of carboxylic acids is 1. The number of likely N-dealkylation sites (tertiary alicyclic amines) is 1. The highest BCUT2D eigenvalue weighted by Crippen LogP contribution is 2.37. The van der Waals surface area contributed by atoms with Crippen LogP contribution in [0.3, 0.4) is 0 Å². The Labute approximate surface area is 252 Å². The van der Waals surface area contributed by atoms with Gasteiger partial charge in [-0.1, -0.05) is 54.6 Å². The molecule has 42 heavy (non-hydrogen) atoms. The summed E-state index contributed by atoms with van der Waals surface area (Å²) in [7, 11) is 0. The Bertz CT molecular complexity index is 1290. The van der Waals surface area contributed by atoms with E-state index in [9.17, 15) is 24.3 Å². The van der Waals surface area contributed by atoms with E-state index in [1.54, 1.807) is 25.7 Å². The third-order valence-electron chi connectivity index (χ3n) is 8.07. The molecular formula is C32H41N3O6S. The van der Waals surface area contributed by atoms with Gasteiger partial charge in [-0.25, -0.2) is 9.59 Å². The maximum atomic E-state index is 14.0. The van der Waals surface area contributed by atoms with Gasteiger partial charge in [0.05, 0.1) is 12.0 Å². The van der Waals surface area contributed by atoms with E-state index in [1.165, 1.54) is 16.7 Å². The number of benzene rings is 2. The van der Waals surface area contributed by atoms with Crippen molar-refractivity contribution in [1.82, 2.24) is 15.1 Å². The molecule has 0 aliphatic carbocycles. The molecule has 10 heteroatoms. The number of nitrogens with zero attached hydrogens (tertiary/aromatic N) is 2. The van der Waals surface area contributed by atoms with Gasteiger partial charge in [0.15, 0.2) is 0 Å². The van der Waals surface area contributed by atoms with Crippen molar-refractivity contribution in [3.63, 3.8) is 0 Å². The number of carbonyl (C=O) groups is 4. The molecule has 0 unspecified atom stereocenters. The van der Waals surface area contributed by atoms with Crippen LogP contribution in [0.25, 0.3) is 0 Å². The van der Waals surface area contributed by atoms with Gasteiger partial charge < -0.3 is 20.1 Å². The summed E-state index contributed by atoms with van der Waals surface area (Å²) < 4.78 is 5.68. The van der Waals surface area contributed by atoms with Gasteiger partial charge in [0.25, 0.3) is 0 Å². The molecule has 2 aromatic rings. The molecule has 2 heterocycles. The summed E-state index contributed by atoms with van der Waals surface area (Å²) in [6.45, 7) is 6.27. The zero-order valence-electron chi connectivity index (χ0n) is 24.8. The number of carboxylic acid groups (broad SMARTS) is 1. The Morgan fingerprint density at radius 2 is 1.64 bits per heavy atom. The van der Waals surface area contributed by atoms with E-state index in [2.05, 4.69) is 5.32 Å². The molecule has 0 aromatic heterocycles. The Hall–Kier alpha value is -3.53. The molecule has 4 rings (SSSR count). The van der Waals surface area contributed by atoms with Gasteiger partial charge in [0, 0.05) is 19.5 Å². The number of ether oxygens (including phenoxy) is 1. The van der Waals surface area contributed by atoms with Crippen molar-refractivity contribution in [3.05, 3.63) is 71.3 Å². The van der Waals surface area contributed by atoms with Gasteiger partial charge in [-0.3, -0.25) is 14.5 Å². The third kappa shape index (κ3) is 7.09. The first kappa shape index (κ1) is 31.4. The predicted molar refractivity (Wildman–Crippen MR) is 162 cm³/mol. The lowest BCUT2D eigenvalue weighted by atomic mass is 9.71. The van der Waals surface area contributed by atoms with Crippen molar-refractivity contribution >= 4 is 35.6 Å². The second kappa shape index (κ2) is 13.2. The van der Waals surface area contributed by atoms with Crippen molar-refractivity contribution in [2.24, 2.45) is 0 Å². The summed E-state index contributed by atoms with van der Waals surface area (Å²) in [5.41, 5.74) is 1.12. The smallest absolute Gasteiger partial charge is 0.411 e. The zero-order chi connectivity index (χ0) is 30.5. The molecule has 2 aliphatic rings. The number of aliphatic carboxylic acids is 1. The maximum Gasteiger partial charge on any atom is 0.411 e. The number of thioether (sulfide) groups is 1. The molecule has 2 aliphatic heterocycles. The third-order valence-corrected chi connectivity index (χ3v) is 8.71. The Morgan fingerprint density at radius 3 is 2.24 bits per heavy atom. The predicted octanol–water partition coefficient (Wildman–Crippen LogP) is 4.23. The number of fused-ring (bicyclic) bond motifs is 1. The fourth-order valence-electron chi connectivity index (χ4n) is 5.77. The van der Waals surface area contributed by atoms with Crippen LogP contribution in [0.5, 0.6) is 0 Å². The van der Waals surface area contributed by atoms with Crippen molar-refractivity contribution in [3.8, 4) is 0 Å². The van der Waals surface area contributed by atoms with Crippen molar-refractivity contribution in [2.45, 2.75) is 76.1 Å². The van der Waals surface area contributed by atoms with Crippen LogP contribution >= 0.6 is 11.8 Å². The summed E-state index contributed by atoms with van der Waals surface area (Å²) in [5, 5.41) is 12.5. The molecule has 0 spiro atoms. The minimum Gasteiger partial charge on any atom is -0.480 e. The minimum atomic E-state index is -1.06. The lowest BCUT2D eigenvalue weighted by Crippen LogP contribution is -2.59. The highest BCUT2D eigenvalue weighted by molar-refractivity contribution is 7.98. The van der Waals surface area contributed by atoms with Crippen molar-refractivity contribution in [2.75, 3.05) is 25.1 Å². The van der Waals surface area contributed by atoms with Gasteiger partial charge in [0.1, 0.15) is 17.7 Å². The summed E-state index contributed by atoms with van der Waals surface area (Å²) in [5.74, 6) is -0.971. The number of rotatable bonds is 8. The van der Waals surface area contributed by atoms with E-state index in [1.807, 2.05) is 60.9 Å². The van der Waals surface area contributed by atoms with Gasteiger partial charge in [-0.05, 0) is 68.7 Å². The zero-order valence-corrected chi connectivity index (χ0v) is 25.6. The van der Waals surface area contributed by atoms with Crippen LogP contribution in [-0.2, 0) is 37.5 Å². The molecule has 0 bridgehead atoms. The molecule has 9 nitrogen and oxygen atoms in total. The maximum absolute atomic E-state index is 14.0. The number of amides is 3. The molecule has 2 N–H and O–H groups in total. The molecule has 2 aromatic carbocycles. The van der Waals surface area contributed by atoms with Crippen LogP contribution in [0.4, 0.5) is 4.79 Å². The highest BCUT2D eigenvalue weighted by atomic mass is 32.2. The normalized spacial score (nSPS) is 18.9. The van der Waals surface area contributed by atoms with Crippen LogP contribution in [0.2, 0.25) is 0 Å².